The molecule has 1 aromatic carbocycles. The summed E-state index contributed by atoms with van der Waals surface area (Å²) in [4.78, 5) is 22.2. The number of hydrogen-bond acceptors (Lipinski definition) is 2. The van der Waals surface area contributed by atoms with Crippen molar-refractivity contribution in [1.29, 1.82) is 0 Å². The molecule has 0 saturated heterocycles. The van der Waals surface area contributed by atoms with Crippen LogP contribution in [0.15, 0.2) is 24.3 Å². The van der Waals surface area contributed by atoms with E-state index in [9.17, 15) is 9.59 Å². The fraction of sp³-hybridized carbons (Fsp3) is 0.111. The van der Waals surface area contributed by atoms with Gasteiger partial charge in [-0.05, 0) is 12.1 Å². The Labute approximate surface area is 99.2 Å². The molecule has 82 valence electrons. The molecule has 2 rings (SSSR count). The van der Waals surface area contributed by atoms with Gasteiger partial charge in [-0.1, -0.05) is 12.1 Å². The molecule has 15 heavy (non-hydrogen) atoms. The van der Waals surface area contributed by atoms with Crippen LogP contribution in [0, 0.1) is 0 Å². The van der Waals surface area contributed by atoms with E-state index in [0.717, 1.165) is 0 Å². The van der Waals surface area contributed by atoms with Crippen LogP contribution in [0.5, 0.6) is 0 Å². The number of para-hydroxylation sites is 2. The van der Waals surface area contributed by atoms with Gasteiger partial charge < -0.3 is 10.6 Å². The topological polar surface area (TPSA) is 58.2 Å². The maximum atomic E-state index is 11.1. The highest BCUT2D eigenvalue weighted by Gasteiger charge is 2.16. The molecule has 0 saturated carbocycles. The zero-order valence-corrected chi connectivity index (χ0v) is 9.28. The average Bonchev–Trinajstić information content (AvgIpc) is 2.20. The summed E-state index contributed by atoms with van der Waals surface area (Å²) in [5, 5.41) is 5.26. The Hall–Kier alpha value is -1.26. The summed E-state index contributed by atoms with van der Waals surface area (Å²) in [6, 6.07) is 7.10. The molecule has 1 heterocycles. The van der Waals surface area contributed by atoms with Crippen LogP contribution in [-0.4, -0.2) is 11.8 Å². The molecule has 0 bridgehead atoms. The van der Waals surface area contributed by atoms with Crippen LogP contribution in [0.1, 0.15) is 6.42 Å². The second kappa shape index (κ2) is 5.58. The summed E-state index contributed by atoms with van der Waals surface area (Å²) in [5.74, 6) is -0.551. The molecule has 1 aliphatic rings. The monoisotopic (exact) mass is 248 g/mol. The Morgan fingerprint density at radius 3 is 1.67 bits per heavy atom. The SMILES string of the molecule is Cl.Cl.O=C1CC(=O)Nc2ccccc2N1. The van der Waals surface area contributed by atoms with Crippen LogP contribution in [0.4, 0.5) is 11.4 Å². The van der Waals surface area contributed by atoms with E-state index in [-0.39, 0.29) is 43.0 Å². The minimum absolute atomic E-state index is 0. The zero-order valence-electron chi connectivity index (χ0n) is 7.65. The first-order valence-corrected chi connectivity index (χ1v) is 3.94. The van der Waals surface area contributed by atoms with Crippen molar-refractivity contribution in [2.75, 3.05) is 10.6 Å². The molecule has 2 N–H and O–H groups in total. The van der Waals surface area contributed by atoms with Crippen molar-refractivity contribution in [3.63, 3.8) is 0 Å². The zero-order chi connectivity index (χ0) is 9.26. The summed E-state index contributed by atoms with van der Waals surface area (Å²) in [6.07, 6.45) is -0.116. The highest BCUT2D eigenvalue weighted by Crippen LogP contribution is 2.23. The van der Waals surface area contributed by atoms with Crippen molar-refractivity contribution >= 4 is 48.0 Å². The van der Waals surface area contributed by atoms with E-state index in [2.05, 4.69) is 10.6 Å². The largest absolute Gasteiger partial charge is 0.324 e. The lowest BCUT2D eigenvalue weighted by atomic mass is 10.2. The molecule has 2 amide bonds. The lowest BCUT2D eigenvalue weighted by Crippen LogP contribution is -2.16. The van der Waals surface area contributed by atoms with Crippen molar-refractivity contribution in [3.05, 3.63) is 24.3 Å². The van der Waals surface area contributed by atoms with Crippen molar-refractivity contribution in [1.82, 2.24) is 0 Å². The Kier molecular flexibility index (Phi) is 5.11. The fourth-order valence-electron chi connectivity index (χ4n) is 1.24. The van der Waals surface area contributed by atoms with Gasteiger partial charge in [0.2, 0.25) is 11.8 Å². The van der Waals surface area contributed by atoms with Crippen LogP contribution < -0.4 is 10.6 Å². The Balaban J connectivity index is 0.000000980. The normalized spacial score (nSPS) is 13.3. The highest BCUT2D eigenvalue weighted by atomic mass is 35.5. The number of carbonyl (C=O) groups excluding carboxylic acids is 2. The van der Waals surface area contributed by atoms with Gasteiger partial charge in [0.1, 0.15) is 6.42 Å². The number of carbonyl (C=O) groups is 2. The van der Waals surface area contributed by atoms with E-state index in [0.29, 0.717) is 11.4 Å². The molecular weight excluding hydrogens is 239 g/mol. The van der Waals surface area contributed by atoms with E-state index in [1.54, 1.807) is 24.3 Å². The molecule has 0 radical (unpaired) electrons. The van der Waals surface area contributed by atoms with Crippen LogP contribution >= 0.6 is 24.8 Å². The average molecular weight is 249 g/mol. The Morgan fingerprint density at radius 2 is 1.27 bits per heavy atom. The van der Waals surface area contributed by atoms with E-state index in [4.69, 9.17) is 0 Å². The van der Waals surface area contributed by atoms with Crippen molar-refractivity contribution in [3.8, 4) is 0 Å². The van der Waals surface area contributed by atoms with Gasteiger partial charge in [-0.2, -0.15) is 0 Å². The van der Waals surface area contributed by atoms with E-state index < -0.39 is 0 Å². The second-order valence-electron chi connectivity index (χ2n) is 2.82. The van der Waals surface area contributed by atoms with Crippen LogP contribution in [0.3, 0.4) is 0 Å². The molecule has 0 aliphatic carbocycles. The van der Waals surface area contributed by atoms with Crippen LogP contribution in [0.25, 0.3) is 0 Å². The van der Waals surface area contributed by atoms with Crippen LogP contribution in [-0.2, 0) is 9.59 Å². The number of benzene rings is 1. The molecule has 6 heteroatoms. The smallest absolute Gasteiger partial charge is 0.233 e. The maximum Gasteiger partial charge on any atom is 0.233 e. The predicted molar refractivity (Wildman–Crippen MR) is 62.8 cm³/mol. The Bertz CT molecular complexity index is 347. The lowest BCUT2D eigenvalue weighted by Gasteiger charge is -2.04. The summed E-state index contributed by atoms with van der Waals surface area (Å²) < 4.78 is 0. The van der Waals surface area contributed by atoms with Crippen molar-refractivity contribution in [2.45, 2.75) is 6.42 Å². The quantitative estimate of drug-likeness (QED) is 0.689. The minimum atomic E-state index is -0.276. The maximum absolute atomic E-state index is 11.1. The summed E-state index contributed by atoms with van der Waals surface area (Å²) in [5.41, 5.74) is 1.30. The number of halogens is 2. The van der Waals surface area contributed by atoms with Gasteiger partial charge in [-0.3, -0.25) is 9.59 Å². The molecule has 1 aromatic rings. The minimum Gasteiger partial charge on any atom is -0.324 e. The number of nitrogens with one attached hydrogen (secondary N) is 2. The number of hydrogen-bond donors (Lipinski definition) is 2. The molecule has 4 nitrogen and oxygen atoms in total. The second-order valence-corrected chi connectivity index (χ2v) is 2.82. The number of amides is 2. The van der Waals surface area contributed by atoms with Gasteiger partial charge in [0.25, 0.3) is 0 Å². The van der Waals surface area contributed by atoms with E-state index in [1.807, 2.05) is 0 Å². The lowest BCUT2D eigenvalue weighted by molar-refractivity contribution is -0.123. The molecule has 0 aromatic heterocycles. The van der Waals surface area contributed by atoms with Crippen molar-refractivity contribution < 1.29 is 9.59 Å². The summed E-state index contributed by atoms with van der Waals surface area (Å²) in [7, 11) is 0. The first-order chi connectivity index (χ1) is 6.25. The molecule has 0 fully saturated rings. The summed E-state index contributed by atoms with van der Waals surface area (Å²) >= 11 is 0. The third kappa shape index (κ3) is 3.11. The predicted octanol–water partition coefficient (Wildman–Crippen LogP) is 1.81. The van der Waals surface area contributed by atoms with E-state index >= 15 is 0 Å². The highest BCUT2D eigenvalue weighted by molar-refractivity contribution is 6.13. The Morgan fingerprint density at radius 1 is 0.867 bits per heavy atom. The number of rotatable bonds is 0. The first-order valence-electron chi connectivity index (χ1n) is 3.94. The van der Waals surface area contributed by atoms with Gasteiger partial charge >= 0.3 is 0 Å². The van der Waals surface area contributed by atoms with Gasteiger partial charge in [-0.25, -0.2) is 0 Å². The molecule has 1 aliphatic heterocycles. The number of fused-ring (bicyclic) bond motifs is 1. The first kappa shape index (κ1) is 13.7. The third-order valence-electron chi connectivity index (χ3n) is 1.80. The molecular formula is C9H10Cl2N2O2. The van der Waals surface area contributed by atoms with Gasteiger partial charge in [-0.15, -0.1) is 24.8 Å². The third-order valence-corrected chi connectivity index (χ3v) is 1.80. The standard InChI is InChI=1S/C9H8N2O2.2ClH/c12-8-5-9(13)11-7-4-2-1-3-6(7)10-8;;/h1-4H,5H2,(H,10,12)(H,11,13);2*1H. The summed E-state index contributed by atoms with van der Waals surface area (Å²) in [6.45, 7) is 0. The van der Waals surface area contributed by atoms with Crippen molar-refractivity contribution in [2.24, 2.45) is 0 Å². The molecule has 0 atom stereocenters. The van der Waals surface area contributed by atoms with E-state index in [1.165, 1.54) is 0 Å². The van der Waals surface area contributed by atoms with Gasteiger partial charge in [0.15, 0.2) is 0 Å². The molecule has 0 spiro atoms. The van der Waals surface area contributed by atoms with Gasteiger partial charge in [0, 0.05) is 0 Å². The molecule has 0 unspecified atom stereocenters. The fourth-order valence-corrected chi connectivity index (χ4v) is 1.24. The number of anilines is 2. The van der Waals surface area contributed by atoms with Gasteiger partial charge in [0.05, 0.1) is 11.4 Å². The van der Waals surface area contributed by atoms with Crippen LogP contribution in [0.2, 0.25) is 0 Å².